The van der Waals surface area contributed by atoms with Crippen molar-refractivity contribution >= 4 is 98.4 Å². The first kappa shape index (κ1) is 33.3. The van der Waals surface area contributed by atoms with E-state index in [1.165, 1.54) is 5.39 Å². The maximum absolute atomic E-state index is 6.63. The van der Waals surface area contributed by atoms with Crippen LogP contribution in [0, 0.1) is 0 Å². The Morgan fingerprint density at radius 1 is 0.339 bits per heavy atom. The van der Waals surface area contributed by atoms with Crippen molar-refractivity contribution in [1.29, 1.82) is 0 Å². The van der Waals surface area contributed by atoms with E-state index in [1.54, 1.807) is 0 Å². The fourth-order valence-corrected chi connectivity index (χ4v) is 9.71. The Bertz CT molecular complexity index is 4060. The molecule has 0 N–H and O–H groups in total. The van der Waals surface area contributed by atoms with Crippen molar-refractivity contribution in [3.05, 3.63) is 182 Å². The van der Waals surface area contributed by atoms with Gasteiger partial charge in [-0.2, -0.15) is 0 Å². The first-order valence-corrected chi connectivity index (χ1v) is 20.7. The predicted molar refractivity (Wildman–Crippen MR) is 250 cm³/mol. The van der Waals surface area contributed by atoms with Crippen molar-refractivity contribution in [2.45, 2.75) is 0 Å². The Hall–Kier alpha value is -8.55. The molecule has 7 heteroatoms. The molecule has 0 unspecified atom stereocenters. The third-order valence-corrected chi connectivity index (χ3v) is 12.5. The molecule has 0 bridgehead atoms. The van der Waals surface area contributed by atoms with Crippen LogP contribution in [0.3, 0.4) is 0 Å². The summed E-state index contributed by atoms with van der Waals surface area (Å²) < 4.78 is 22.2. The predicted octanol–water partition coefficient (Wildman–Crippen LogP) is 14.8. The molecule has 0 saturated carbocycles. The monoisotopic (exact) mass is 794 g/mol. The summed E-state index contributed by atoms with van der Waals surface area (Å²) in [5, 5.41) is 10.6. The van der Waals surface area contributed by atoms with Gasteiger partial charge < -0.3 is 17.8 Å². The molecule has 14 aromatic rings. The standard InChI is InChI=1S/C55H30N4O3/c1-2-14-32-30-44-41(29-31(32)13-1)33-15-3-7-23-42(33)59(44)43-27-28-48-49(38-18-6-10-26-47(38)60-48)50(43)55-57-53(39-21-11-19-36-34-16-4-8-24-45(34)61-51(36)39)56-54(58-55)40-22-12-20-37-35-17-5-9-25-46(35)62-52(37)40/h1-30H. The third-order valence-electron chi connectivity index (χ3n) is 12.5. The minimum Gasteiger partial charge on any atom is -0.456 e. The normalized spacial score (nSPS) is 12.2. The van der Waals surface area contributed by atoms with Gasteiger partial charge in [-0.25, -0.2) is 15.0 Å². The van der Waals surface area contributed by atoms with Crippen molar-refractivity contribution in [2.24, 2.45) is 0 Å². The summed E-state index contributed by atoms with van der Waals surface area (Å²) in [5.41, 5.74) is 9.93. The van der Waals surface area contributed by atoms with Gasteiger partial charge >= 0.3 is 0 Å². The number of para-hydroxylation sites is 6. The molecule has 0 amide bonds. The fourth-order valence-electron chi connectivity index (χ4n) is 9.71. The SMILES string of the molecule is c1ccc2cc3c(cc2c1)c1ccccc1n3-c1ccc2oc3ccccc3c2c1-c1nc(-c2cccc3c2oc2ccccc23)nc(-c2cccc3c2oc2ccccc23)n1. The lowest BCUT2D eigenvalue weighted by atomic mass is 10.0. The van der Waals surface area contributed by atoms with Crippen LogP contribution in [0.4, 0.5) is 0 Å². The summed E-state index contributed by atoms with van der Waals surface area (Å²) in [6.45, 7) is 0. The molecule has 0 fully saturated rings. The molecule has 0 spiro atoms. The molecule has 7 nitrogen and oxygen atoms in total. The van der Waals surface area contributed by atoms with Gasteiger partial charge in [0.1, 0.15) is 33.5 Å². The van der Waals surface area contributed by atoms with E-state index in [-0.39, 0.29) is 0 Å². The second-order valence-electron chi connectivity index (χ2n) is 15.9. The van der Waals surface area contributed by atoms with Gasteiger partial charge in [-0.15, -0.1) is 0 Å². The van der Waals surface area contributed by atoms with Crippen molar-refractivity contribution < 1.29 is 13.3 Å². The number of aromatic nitrogens is 4. The van der Waals surface area contributed by atoms with Gasteiger partial charge in [0.05, 0.1) is 33.4 Å². The van der Waals surface area contributed by atoms with E-state index in [2.05, 4.69) is 114 Å². The lowest BCUT2D eigenvalue weighted by molar-refractivity contribution is 0.668. The first-order valence-electron chi connectivity index (χ1n) is 20.7. The molecule has 288 valence electrons. The highest BCUT2D eigenvalue weighted by molar-refractivity contribution is 6.18. The zero-order valence-corrected chi connectivity index (χ0v) is 32.8. The Kier molecular flexibility index (Phi) is 6.71. The average Bonchev–Trinajstić information content (AvgIpc) is 4.09. The highest BCUT2D eigenvalue weighted by atomic mass is 16.3. The molecule has 14 rings (SSSR count). The number of benzene rings is 9. The van der Waals surface area contributed by atoms with E-state index >= 15 is 0 Å². The van der Waals surface area contributed by atoms with Crippen molar-refractivity contribution in [2.75, 3.05) is 0 Å². The largest absolute Gasteiger partial charge is 0.456 e. The van der Waals surface area contributed by atoms with Crippen molar-refractivity contribution in [1.82, 2.24) is 19.5 Å². The molecule has 0 radical (unpaired) electrons. The lowest BCUT2D eigenvalue weighted by Gasteiger charge is -2.16. The molecule has 0 atom stereocenters. The summed E-state index contributed by atoms with van der Waals surface area (Å²) in [6, 6.07) is 62.7. The van der Waals surface area contributed by atoms with Crippen LogP contribution < -0.4 is 0 Å². The van der Waals surface area contributed by atoms with Crippen molar-refractivity contribution in [3.63, 3.8) is 0 Å². The number of hydrogen-bond donors (Lipinski definition) is 0. The molecular formula is C55H30N4O3. The fraction of sp³-hybridized carbons (Fsp3) is 0. The first-order chi connectivity index (χ1) is 30.7. The van der Waals surface area contributed by atoms with Crippen LogP contribution in [0.15, 0.2) is 195 Å². The number of fused-ring (bicyclic) bond motifs is 13. The second kappa shape index (κ2) is 12.5. The van der Waals surface area contributed by atoms with E-state index in [1.807, 2.05) is 72.8 Å². The topological polar surface area (TPSA) is 83.0 Å². The van der Waals surface area contributed by atoms with E-state index in [0.717, 1.165) is 104 Å². The number of rotatable bonds is 4. The molecule has 9 aromatic carbocycles. The van der Waals surface area contributed by atoms with Crippen LogP contribution in [0.5, 0.6) is 0 Å². The highest BCUT2D eigenvalue weighted by Gasteiger charge is 2.26. The number of furan rings is 3. The van der Waals surface area contributed by atoms with Crippen LogP contribution in [-0.4, -0.2) is 19.5 Å². The van der Waals surface area contributed by atoms with Crippen LogP contribution in [0.2, 0.25) is 0 Å². The number of hydrogen-bond acceptors (Lipinski definition) is 6. The van der Waals surface area contributed by atoms with Crippen LogP contribution in [0.25, 0.3) is 138 Å². The molecular weight excluding hydrogens is 765 g/mol. The Balaban J connectivity index is 1.15. The zero-order chi connectivity index (χ0) is 40.5. The van der Waals surface area contributed by atoms with Crippen LogP contribution >= 0.6 is 0 Å². The maximum Gasteiger partial charge on any atom is 0.167 e. The molecule has 0 aliphatic carbocycles. The summed E-state index contributed by atoms with van der Waals surface area (Å²) in [6.07, 6.45) is 0. The molecule has 5 aromatic heterocycles. The summed E-state index contributed by atoms with van der Waals surface area (Å²) in [7, 11) is 0. The van der Waals surface area contributed by atoms with Crippen LogP contribution in [-0.2, 0) is 0 Å². The van der Waals surface area contributed by atoms with E-state index in [4.69, 9.17) is 28.2 Å². The van der Waals surface area contributed by atoms with E-state index in [9.17, 15) is 0 Å². The average molecular weight is 795 g/mol. The summed E-state index contributed by atoms with van der Waals surface area (Å²) >= 11 is 0. The minimum absolute atomic E-state index is 0.478. The van der Waals surface area contributed by atoms with Gasteiger partial charge in [-0.3, -0.25) is 0 Å². The second-order valence-corrected chi connectivity index (χ2v) is 15.9. The molecule has 62 heavy (non-hydrogen) atoms. The summed E-state index contributed by atoms with van der Waals surface area (Å²) in [5.74, 6) is 1.45. The Morgan fingerprint density at radius 2 is 0.855 bits per heavy atom. The maximum atomic E-state index is 6.63. The van der Waals surface area contributed by atoms with Crippen molar-refractivity contribution in [3.8, 4) is 39.9 Å². The van der Waals surface area contributed by atoms with E-state index in [0.29, 0.717) is 28.6 Å². The van der Waals surface area contributed by atoms with E-state index < -0.39 is 0 Å². The van der Waals surface area contributed by atoms with Gasteiger partial charge in [0.25, 0.3) is 0 Å². The van der Waals surface area contributed by atoms with Gasteiger partial charge in [0, 0.05) is 43.1 Å². The Labute approximate surface area is 351 Å². The highest BCUT2D eigenvalue weighted by Crippen LogP contribution is 2.45. The quantitative estimate of drug-likeness (QED) is 0.176. The Morgan fingerprint density at radius 3 is 1.52 bits per heavy atom. The number of nitrogens with zero attached hydrogens (tertiary/aromatic N) is 4. The smallest absolute Gasteiger partial charge is 0.167 e. The summed E-state index contributed by atoms with van der Waals surface area (Å²) in [4.78, 5) is 16.3. The lowest BCUT2D eigenvalue weighted by Crippen LogP contribution is -2.04. The van der Waals surface area contributed by atoms with Crippen LogP contribution in [0.1, 0.15) is 0 Å². The molecule has 0 aliphatic rings. The third kappa shape index (κ3) is 4.67. The zero-order valence-electron chi connectivity index (χ0n) is 32.8. The van der Waals surface area contributed by atoms with Gasteiger partial charge in [-0.1, -0.05) is 121 Å². The molecule has 5 heterocycles. The van der Waals surface area contributed by atoms with Gasteiger partial charge in [-0.05, 0) is 71.4 Å². The molecule has 0 aliphatic heterocycles. The van der Waals surface area contributed by atoms with Gasteiger partial charge in [0.2, 0.25) is 0 Å². The van der Waals surface area contributed by atoms with Gasteiger partial charge in [0.15, 0.2) is 17.5 Å². The molecule has 0 saturated heterocycles. The minimum atomic E-state index is 0.478.